The van der Waals surface area contributed by atoms with Crippen LogP contribution in [-0.4, -0.2) is 26.1 Å². The molecule has 3 nitrogen and oxygen atoms in total. The van der Waals surface area contributed by atoms with E-state index >= 15 is 0 Å². The van der Waals surface area contributed by atoms with Gasteiger partial charge in [0.25, 0.3) is 0 Å². The predicted octanol–water partition coefficient (Wildman–Crippen LogP) is -0.473. The van der Waals surface area contributed by atoms with E-state index in [9.17, 15) is 8.42 Å². The maximum Gasteiger partial charge on any atom is 0.213 e. The molecule has 0 aromatic carbocycles. The monoisotopic (exact) mass is 155 g/mol. The van der Waals surface area contributed by atoms with Gasteiger partial charge < -0.3 is 0 Å². The lowest BCUT2D eigenvalue weighted by molar-refractivity contribution is 0.532. The molecule has 48 valence electrons. The Morgan fingerprint density at radius 1 is 1.75 bits per heavy atom. The van der Waals surface area contributed by atoms with Crippen molar-refractivity contribution in [1.82, 2.24) is 4.72 Å². The number of sulfonamides is 1. The average molecular weight is 156 g/mol. The zero-order valence-corrected chi connectivity index (χ0v) is 5.67. The number of halogens is 1. The molecule has 0 aromatic heterocycles. The summed E-state index contributed by atoms with van der Waals surface area (Å²) in [6, 6.07) is -0.0123. The third-order valence-electron chi connectivity index (χ3n) is 0.953. The maximum absolute atomic E-state index is 10.3. The van der Waals surface area contributed by atoms with E-state index in [0.29, 0.717) is 5.88 Å². The van der Waals surface area contributed by atoms with Gasteiger partial charge in [-0.15, -0.1) is 11.6 Å². The van der Waals surface area contributed by atoms with Crippen LogP contribution >= 0.6 is 11.6 Å². The largest absolute Gasteiger partial charge is 0.213 e. The second-order valence-corrected chi connectivity index (χ2v) is 3.86. The number of hydrogen-bond donors (Lipinski definition) is 1. The van der Waals surface area contributed by atoms with Gasteiger partial charge in [-0.25, -0.2) is 13.1 Å². The smallest absolute Gasteiger partial charge is 0.212 e. The van der Waals surface area contributed by atoms with Crippen molar-refractivity contribution in [3.05, 3.63) is 0 Å². The Morgan fingerprint density at radius 3 is 2.38 bits per heavy atom. The van der Waals surface area contributed by atoms with Gasteiger partial charge in [-0.3, -0.25) is 0 Å². The van der Waals surface area contributed by atoms with Crippen molar-refractivity contribution in [2.75, 3.05) is 11.6 Å². The van der Waals surface area contributed by atoms with Crippen LogP contribution in [0.1, 0.15) is 0 Å². The van der Waals surface area contributed by atoms with Gasteiger partial charge in [0.05, 0.1) is 11.8 Å². The minimum absolute atomic E-state index is 0.0123. The van der Waals surface area contributed by atoms with Crippen LogP contribution in [0.4, 0.5) is 0 Å². The maximum atomic E-state index is 10.3. The third kappa shape index (κ3) is 1.13. The average Bonchev–Trinajstić information content (AvgIpc) is 1.60. The summed E-state index contributed by atoms with van der Waals surface area (Å²) >= 11 is 5.30. The fraction of sp³-hybridized carbons (Fsp3) is 1.00. The molecule has 8 heavy (non-hydrogen) atoms. The Hall–Kier alpha value is 0.200. The molecule has 0 aromatic rings. The van der Waals surface area contributed by atoms with Gasteiger partial charge in [-0.05, 0) is 0 Å². The summed E-state index contributed by atoms with van der Waals surface area (Å²) in [5.74, 6) is 0.565. The molecular weight excluding hydrogens is 150 g/mol. The van der Waals surface area contributed by atoms with Gasteiger partial charge in [0, 0.05) is 5.88 Å². The van der Waals surface area contributed by atoms with Crippen molar-refractivity contribution in [3.63, 3.8) is 0 Å². The van der Waals surface area contributed by atoms with Crippen molar-refractivity contribution in [1.29, 1.82) is 0 Å². The number of nitrogens with one attached hydrogen (secondary N) is 1. The molecule has 1 aliphatic heterocycles. The van der Waals surface area contributed by atoms with E-state index in [2.05, 4.69) is 4.72 Å². The summed E-state index contributed by atoms with van der Waals surface area (Å²) in [7, 11) is -2.88. The van der Waals surface area contributed by atoms with Gasteiger partial charge in [0.15, 0.2) is 0 Å². The SMILES string of the molecule is O=S1(=O)CC(CCl)N1. The fourth-order valence-corrected chi connectivity index (χ4v) is 2.19. The van der Waals surface area contributed by atoms with Gasteiger partial charge >= 0.3 is 0 Å². The Bertz CT molecular complexity index is 164. The molecule has 1 unspecified atom stereocenters. The highest BCUT2D eigenvalue weighted by molar-refractivity contribution is 7.90. The summed E-state index contributed by atoms with van der Waals surface area (Å²) < 4.78 is 22.9. The van der Waals surface area contributed by atoms with Crippen molar-refractivity contribution in [2.24, 2.45) is 0 Å². The highest BCUT2D eigenvalue weighted by Crippen LogP contribution is 2.05. The number of hydrogen-bond acceptors (Lipinski definition) is 2. The van der Waals surface area contributed by atoms with Gasteiger partial charge in [0.1, 0.15) is 0 Å². The first-order chi connectivity index (χ1) is 3.64. The van der Waals surface area contributed by atoms with E-state index < -0.39 is 10.0 Å². The molecule has 1 N–H and O–H groups in total. The molecule has 1 rings (SSSR count). The van der Waals surface area contributed by atoms with E-state index in [4.69, 9.17) is 11.6 Å². The Morgan fingerprint density at radius 2 is 2.25 bits per heavy atom. The first-order valence-corrected chi connectivity index (χ1v) is 4.39. The molecule has 1 heterocycles. The highest BCUT2D eigenvalue weighted by atomic mass is 35.5. The lowest BCUT2D eigenvalue weighted by Gasteiger charge is -2.24. The van der Waals surface area contributed by atoms with E-state index in [1.807, 2.05) is 0 Å². The zero-order valence-electron chi connectivity index (χ0n) is 4.09. The first kappa shape index (κ1) is 6.32. The van der Waals surface area contributed by atoms with Crippen LogP contribution in [0.5, 0.6) is 0 Å². The number of alkyl halides is 1. The van der Waals surface area contributed by atoms with E-state index in [1.165, 1.54) is 0 Å². The van der Waals surface area contributed by atoms with Crippen LogP contribution in [0.3, 0.4) is 0 Å². The van der Waals surface area contributed by atoms with Crippen molar-refractivity contribution in [3.8, 4) is 0 Å². The highest BCUT2D eigenvalue weighted by Gasteiger charge is 2.30. The molecule has 1 saturated heterocycles. The summed E-state index contributed by atoms with van der Waals surface area (Å²) in [4.78, 5) is 0. The molecule has 0 saturated carbocycles. The molecule has 0 radical (unpaired) electrons. The lowest BCUT2D eigenvalue weighted by Crippen LogP contribution is -2.54. The van der Waals surface area contributed by atoms with Crippen molar-refractivity contribution < 1.29 is 8.42 Å². The fourth-order valence-electron chi connectivity index (χ4n) is 0.578. The minimum Gasteiger partial charge on any atom is -0.212 e. The van der Waals surface area contributed by atoms with Crippen LogP contribution in [0.2, 0.25) is 0 Å². The zero-order chi connectivity index (χ0) is 6.20. The van der Waals surface area contributed by atoms with Crippen LogP contribution in [0.25, 0.3) is 0 Å². The summed E-state index contributed by atoms with van der Waals surface area (Å²) in [6.45, 7) is 0. The second kappa shape index (κ2) is 1.86. The van der Waals surface area contributed by atoms with Crippen LogP contribution in [0, 0.1) is 0 Å². The summed E-state index contributed by atoms with van der Waals surface area (Å²) in [5.41, 5.74) is 0. The molecule has 5 heteroatoms. The van der Waals surface area contributed by atoms with Gasteiger partial charge in [-0.2, -0.15) is 0 Å². The van der Waals surface area contributed by atoms with Gasteiger partial charge in [-0.1, -0.05) is 0 Å². The molecule has 1 aliphatic rings. The molecule has 1 fully saturated rings. The Labute approximate surface area is 53.1 Å². The third-order valence-corrected chi connectivity index (χ3v) is 2.86. The molecule has 0 amide bonds. The molecule has 0 bridgehead atoms. The molecule has 0 aliphatic carbocycles. The topological polar surface area (TPSA) is 46.2 Å². The standard InChI is InChI=1S/C3H6ClNO2S/c4-1-3-2-8(6,7)5-3/h3,5H,1-2H2. The predicted molar refractivity (Wildman–Crippen MR) is 31.4 cm³/mol. The van der Waals surface area contributed by atoms with Crippen LogP contribution in [-0.2, 0) is 10.0 Å². The van der Waals surface area contributed by atoms with E-state index in [-0.39, 0.29) is 11.8 Å². The summed E-state index contributed by atoms with van der Waals surface area (Å²) in [5, 5.41) is 0. The van der Waals surface area contributed by atoms with Crippen molar-refractivity contribution in [2.45, 2.75) is 6.04 Å². The summed E-state index contributed by atoms with van der Waals surface area (Å²) in [6.07, 6.45) is 0. The second-order valence-electron chi connectivity index (χ2n) is 1.75. The van der Waals surface area contributed by atoms with Crippen molar-refractivity contribution >= 4 is 21.6 Å². The Balaban J connectivity index is 2.43. The quantitative estimate of drug-likeness (QED) is 0.521. The van der Waals surface area contributed by atoms with Crippen LogP contribution in [0.15, 0.2) is 0 Å². The van der Waals surface area contributed by atoms with E-state index in [0.717, 1.165) is 0 Å². The van der Waals surface area contributed by atoms with Crippen LogP contribution < -0.4 is 4.72 Å². The first-order valence-electron chi connectivity index (χ1n) is 2.20. The lowest BCUT2D eigenvalue weighted by atomic mass is 10.4. The Kier molecular flexibility index (Phi) is 1.47. The molecular formula is C3H6ClNO2S. The minimum atomic E-state index is -2.88. The normalized spacial score (nSPS) is 33.9. The molecule has 1 atom stereocenters. The molecule has 0 spiro atoms. The van der Waals surface area contributed by atoms with Gasteiger partial charge in [0.2, 0.25) is 10.0 Å². The number of rotatable bonds is 1. The van der Waals surface area contributed by atoms with E-state index in [1.54, 1.807) is 0 Å².